The van der Waals surface area contributed by atoms with Gasteiger partial charge in [-0.1, -0.05) is 36.4 Å². The topological polar surface area (TPSA) is 58.8 Å². The zero-order valence-corrected chi connectivity index (χ0v) is 18.1. The van der Waals surface area contributed by atoms with Gasteiger partial charge in [0.1, 0.15) is 11.9 Å². The molecule has 2 aromatic carbocycles. The molecule has 0 aromatic heterocycles. The largest absolute Gasteiger partial charge is 0.484 e. The number of carbonyl (C=O) groups is 1. The number of piperidine rings is 1. The first-order chi connectivity index (χ1) is 14.5. The minimum Gasteiger partial charge on any atom is -0.484 e. The van der Waals surface area contributed by atoms with Crippen LogP contribution in [-0.2, 0) is 17.6 Å². The number of likely N-dealkylation sites (N-methyl/N-ethyl adjacent to an activating group) is 1. The van der Waals surface area contributed by atoms with Gasteiger partial charge in [0.25, 0.3) is 0 Å². The molecule has 4 rings (SSSR count). The van der Waals surface area contributed by atoms with E-state index >= 15 is 0 Å². The Kier molecular flexibility index (Phi) is 6.40. The molecule has 0 spiro atoms. The van der Waals surface area contributed by atoms with Crippen molar-refractivity contribution < 1.29 is 9.53 Å². The first-order valence-electron chi connectivity index (χ1n) is 11.0. The molecule has 2 aliphatic rings. The number of ether oxygens (including phenoxy) is 1. The summed E-state index contributed by atoms with van der Waals surface area (Å²) in [6.45, 7) is 2.03. The van der Waals surface area contributed by atoms with Crippen LogP contribution in [0.4, 0.5) is 0 Å². The summed E-state index contributed by atoms with van der Waals surface area (Å²) in [5.41, 5.74) is 9.97. The maximum atomic E-state index is 12.0. The van der Waals surface area contributed by atoms with E-state index in [1.54, 1.807) is 19.0 Å². The standard InChI is InChI=1S/C25H33N3O2/c1-27(2)24(29)16-18-9-12-21(13-10-18)30-25-22-8-4-3-6-19(22)11-14-23(25)28-15-5-7-20(26)17-28/h3-4,6,8-10,12-13,20,23,25H,5,7,11,14-17,26H2,1-2H3/t20-,23-,25-/m0/s1. The van der Waals surface area contributed by atoms with E-state index in [-0.39, 0.29) is 18.1 Å². The van der Waals surface area contributed by atoms with Crippen LogP contribution in [0.3, 0.4) is 0 Å². The van der Waals surface area contributed by atoms with Crippen molar-refractivity contribution in [1.29, 1.82) is 0 Å². The monoisotopic (exact) mass is 407 g/mol. The average molecular weight is 408 g/mol. The highest BCUT2D eigenvalue weighted by molar-refractivity contribution is 5.78. The molecule has 5 nitrogen and oxygen atoms in total. The highest BCUT2D eigenvalue weighted by Gasteiger charge is 2.36. The third-order valence-corrected chi connectivity index (χ3v) is 6.42. The van der Waals surface area contributed by atoms with Crippen LogP contribution in [0.1, 0.15) is 42.1 Å². The maximum Gasteiger partial charge on any atom is 0.226 e. The number of amides is 1. The molecular weight excluding hydrogens is 374 g/mol. The normalized spacial score (nSPS) is 24.2. The van der Waals surface area contributed by atoms with E-state index in [1.165, 1.54) is 11.1 Å². The van der Waals surface area contributed by atoms with Crippen molar-refractivity contribution >= 4 is 5.91 Å². The zero-order chi connectivity index (χ0) is 21.1. The average Bonchev–Trinajstić information content (AvgIpc) is 2.75. The maximum absolute atomic E-state index is 12.0. The van der Waals surface area contributed by atoms with Gasteiger partial charge in [0, 0.05) is 26.7 Å². The number of carbonyl (C=O) groups excluding carboxylic acids is 1. The van der Waals surface area contributed by atoms with Gasteiger partial charge in [0.2, 0.25) is 5.91 Å². The number of nitrogens with zero attached hydrogens (tertiary/aromatic N) is 2. The third-order valence-electron chi connectivity index (χ3n) is 6.42. The smallest absolute Gasteiger partial charge is 0.226 e. The van der Waals surface area contributed by atoms with E-state index in [9.17, 15) is 4.79 Å². The van der Waals surface area contributed by atoms with E-state index in [4.69, 9.17) is 10.5 Å². The fourth-order valence-corrected chi connectivity index (χ4v) is 4.72. The summed E-state index contributed by atoms with van der Waals surface area (Å²) in [6.07, 6.45) is 4.84. The molecular formula is C25H33N3O2. The fourth-order valence-electron chi connectivity index (χ4n) is 4.72. The van der Waals surface area contributed by atoms with E-state index in [2.05, 4.69) is 29.2 Å². The van der Waals surface area contributed by atoms with Crippen molar-refractivity contribution in [1.82, 2.24) is 9.80 Å². The number of hydrogen-bond acceptors (Lipinski definition) is 4. The van der Waals surface area contributed by atoms with Gasteiger partial charge in [-0.05, 0) is 61.1 Å². The summed E-state index contributed by atoms with van der Waals surface area (Å²) < 4.78 is 6.61. The second kappa shape index (κ2) is 9.19. The Morgan fingerprint density at radius 2 is 1.90 bits per heavy atom. The lowest BCUT2D eigenvalue weighted by atomic mass is 9.84. The van der Waals surface area contributed by atoms with Crippen LogP contribution in [0, 0.1) is 0 Å². The number of benzene rings is 2. The van der Waals surface area contributed by atoms with Gasteiger partial charge in [0.05, 0.1) is 12.5 Å². The van der Waals surface area contributed by atoms with Crippen LogP contribution in [0.15, 0.2) is 48.5 Å². The molecule has 1 heterocycles. The van der Waals surface area contributed by atoms with Crippen LogP contribution in [-0.4, -0.2) is 55.0 Å². The molecule has 1 saturated heterocycles. The van der Waals surface area contributed by atoms with Gasteiger partial charge in [-0.3, -0.25) is 9.69 Å². The highest BCUT2D eigenvalue weighted by atomic mass is 16.5. The van der Waals surface area contributed by atoms with Crippen LogP contribution >= 0.6 is 0 Å². The van der Waals surface area contributed by atoms with Crippen LogP contribution in [0.2, 0.25) is 0 Å². The minimum atomic E-state index is -0.00509. The summed E-state index contributed by atoms with van der Waals surface area (Å²) in [4.78, 5) is 16.1. The SMILES string of the molecule is CN(C)C(=O)Cc1ccc(O[C@H]2c3ccccc3CC[C@@H]2N2CCC[C@H](N)C2)cc1. The molecule has 0 radical (unpaired) electrons. The first-order valence-corrected chi connectivity index (χ1v) is 11.0. The summed E-state index contributed by atoms with van der Waals surface area (Å²) >= 11 is 0. The Balaban J connectivity index is 1.55. The van der Waals surface area contributed by atoms with Gasteiger partial charge in [-0.15, -0.1) is 0 Å². The molecule has 2 N–H and O–H groups in total. The predicted octanol–water partition coefficient (Wildman–Crippen LogP) is 3.18. The molecule has 5 heteroatoms. The Labute approximate surface area is 179 Å². The van der Waals surface area contributed by atoms with Gasteiger partial charge < -0.3 is 15.4 Å². The number of likely N-dealkylation sites (tertiary alicyclic amines) is 1. The lowest BCUT2D eigenvalue weighted by Gasteiger charge is -2.43. The third kappa shape index (κ3) is 4.68. The molecule has 2 aromatic rings. The Hall–Kier alpha value is -2.37. The van der Waals surface area contributed by atoms with E-state index in [0.717, 1.165) is 50.1 Å². The number of fused-ring (bicyclic) bond motifs is 1. The first kappa shape index (κ1) is 20.9. The van der Waals surface area contributed by atoms with Crippen molar-refractivity contribution in [3.8, 4) is 5.75 Å². The molecule has 30 heavy (non-hydrogen) atoms. The van der Waals surface area contributed by atoms with Crippen LogP contribution in [0.5, 0.6) is 5.75 Å². The lowest BCUT2D eigenvalue weighted by Crippen LogP contribution is -2.51. The highest BCUT2D eigenvalue weighted by Crippen LogP contribution is 2.37. The molecule has 1 aliphatic carbocycles. The molecule has 1 aliphatic heterocycles. The number of aryl methyl sites for hydroxylation is 1. The van der Waals surface area contributed by atoms with Gasteiger partial charge in [-0.2, -0.15) is 0 Å². The molecule has 1 amide bonds. The lowest BCUT2D eigenvalue weighted by molar-refractivity contribution is -0.127. The quantitative estimate of drug-likeness (QED) is 0.827. The van der Waals surface area contributed by atoms with Crippen molar-refractivity contribution in [3.05, 3.63) is 65.2 Å². The van der Waals surface area contributed by atoms with Gasteiger partial charge >= 0.3 is 0 Å². The Bertz CT molecular complexity index is 865. The summed E-state index contributed by atoms with van der Waals surface area (Å²) in [5, 5.41) is 0. The van der Waals surface area contributed by atoms with E-state index < -0.39 is 0 Å². The van der Waals surface area contributed by atoms with Crippen LogP contribution < -0.4 is 10.5 Å². The number of hydrogen-bond donors (Lipinski definition) is 1. The predicted molar refractivity (Wildman–Crippen MR) is 120 cm³/mol. The Morgan fingerprint density at radius 1 is 1.13 bits per heavy atom. The molecule has 3 atom stereocenters. The minimum absolute atomic E-state index is 0.00509. The van der Waals surface area contributed by atoms with Crippen molar-refractivity contribution in [3.63, 3.8) is 0 Å². The molecule has 0 bridgehead atoms. The Morgan fingerprint density at radius 3 is 2.63 bits per heavy atom. The van der Waals surface area contributed by atoms with Gasteiger partial charge in [-0.25, -0.2) is 0 Å². The molecule has 0 saturated carbocycles. The summed E-state index contributed by atoms with van der Waals surface area (Å²) in [6, 6.07) is 17.2. The zero-order valence-electron chi connectivity index (χ0n) is 18.1. The number of rotatable bonds is 5. The molecule has 0 unspecified atom stereocenters. The molecule has 160 valence electrons. The second-order valence-electron chi connectivity index (χ2n) is 8.85. The second-order valence-corrected chi connectivity index (χ2v) is 8.85. The van der Waals surface area contributed by atoms with Crippen molar-refractivity contribution in [2.45, 2.75) is 50.3 Å². The van der Waals surface area contributed by atoms with Crippen molar-refractivity contribution in [2.75, 3.05) is 27.2 Å². The molecule has 1 fully saturated rings. The van der Waals surface area contributed by atoms with Crippen LogP contribution in [0.25, 0.3) is 0 Å². The van der Waals surface area contributed by atoms with E-state index in [1.807, 2.05) is 24.3 Å². The summed E-state index contributed by atoms with van der Waals surface area (Å²) in [5.74, 6) is 0.954. The number of nitrogens with two attached hydrogens (primary N) is 1. The summed E-state index contributed by atoms with van der Waals surface area (Å²) in [7, 11) is 3.57. The van der Waals surface area contributed by atoms with Gasteiger partial charge in [0.15, 0.2) is 0 Å². The van der Waals surface area contributed by atoms with Crippen molar-refractivity contribution in [2.24, 2.45) is 5.73 Å². The fraction of sp³-hybridized carbons (Fsp3) is 0.480. The van der Waals surface area contributed by atoms with E-state index in [0.29, 0.717) is 12.5 Å².